The van der Waals surface area contributed by atoms with Gasteiger partial charge < -0.3 is 19.5 Å². The quantitative estimate of drug-likeness (QED) is 0.523. The standard InChI is InChI=1S/C27H32F3N5O/c1-34-7-4-18-2-3-19(12-25(18)34)24-13-23(27(28,29)30)26(33-32-24)31-22-10-20-15-35(16-21(20)11-22)14-17-5-8-36-9-6-17/h2-4,7,12-13,17,20-22H,5-6,8-11,14-16H2,1H3,(H,31,33)/t20-,21+,22-. The largest absolute Gasteiger partial charge is 0.420 e. The van der Waals surface area contributed by atoms with E-state index in [0.29, 0.717) is 23.3 Å². The zero-order chi connectivity index (χ0) is 24.9. The summed E-state index contributed by atoms with van der Waals surface area (Å²) in [5.74, 6) is 1.61. The molecule has 1 aromatic carbocycles. The summed E-state index contributed by atoms with van der Waals surface area (Å²) in [6.07, 6.45) is 1.42. The van der Waals surface area contributed by atoms with E-state index in [1.54, 1.807) is 6.07 Å². The number of aromatic nitrogens is 3. The summed E-state index contributed by atoms with van der Waals surface area (Å²) in [4.78, 5) is 2.56. The number of nitrogens with one attached hydrogen (secondary N) is 1. The third-order valence-corrected chi connectivity index (χ3v) is 8.31. The van der Waals surface area contributed by atoms with E-state index in [1.165, 1.54) is 0 Å². The molecule has 0 amide bonds. The SMILES string of the molecule is Cn1ccc2ccc(-c3cc(C(F)(F)F)c(N[C@@H]4C[C@@H]5CN(CC6CCOCC6)C[C@@H]5C4)nn3)cc21. The second-order valence-corrected chi connectivity index (χ2v) is 10.8. The first kappa shape index (κ1) is 23.7. The van der Waals surface area contributed by atoms with Crippen molar-refractivity contribution < 1.29 is 17.9 Å². The van der Waals surface area contributed by atoms with Gasteiger partial charge in [-0.2, -0.15) is 13.2 Å². The summed E-state index contributed by atoms with van der Waals surface area (Å²) in [7, 11) is 1.91. The van der Waals surface area contributed by atoms with Gasteiger partial charge in [0.15, 0.2) is 5.82 Å². The van der Waals surface area contributed by atoms with E-state index in [4.69, 9.17) is 4.74 Å². The topological polar surface area (TPSA) is 55.2 Å². The molecule has 2 saturated heterocycles. The van der Waals surface area contributed by atoms with E-state index in [-0.39, 0.29) is 17.6 Å². The molecule has 1 aliphatic carbocycles. The van der Waals surface area contributed by atoms with E-state index >= 15 is 0 Å². The lowest BCUT2D eigenvalue weighted by molar-refractivity contribution is -0.137. The first-order valence-corrected chi connectivity index (χ1v) is 12.9. The number of rotatable bonds is 5. The molecule has 6 nitrogen and oxygen atoms in total. The molecule has 1 N–H and O–H groups in total. The highest BCUT2D eigenvalue weighted by molar-refractivity contribution is 5.85. The van der Waals surface area contributed by atoms with Crippen LogP contribution >= 0.6 is 0 Å². The number of nitrogens with zero attached hydrogens (tertiary/aromatic N) is 4. The minimum atomic E-state index is -4.52. The molecule has 192 valence electrons. The lowest BCUT2D eigenvalue weighted by Gasteiger charge is -2.28. The van der Waals surface area contributed by atoms with Crippen LogP contribution in [0.4, 0.5) is 19.0 Å². The van der Waals surface area contributed by atoms with Gasteiger partial charge in [0.25, 0.3) is 0 Å². The molecule has 1 saturated carbocycles. The molecule has 0 spiro atoms. The average Bonchev–Trinajstić information content (AvgIpc) is 3.52. The third-order valence-electron chi connectivity index (χ3n) is 8.31. The fourth-order valence-corrected chi connectivity index (χ4v) is 6.43. The molecule has 2 aliphatic heterocycles. The number of halogens is 3. The van der Waals surface area contributed by atoms with Crippen molar-refractivity contribution >= 4 is 16.7 Å². The first-order chi connectivity index (χ1) is 17.3. The lowest BCUT2D eigenvalue weighted by atomic mass is 10.00. The number of alkyl halides is 3. The van der Waals surface area contributed by atoms with Crippen molar-refractivity contribution in [1.82, 2.24) is 19.7 Å². The van der Waals surface area contributed by atoms with Crippen molar-refractivity contribution in [1.29, 1.82) is 0 Å². The minimum Gasteiger partial charge on any atom is -0.381 e. The van der Waals surface area contributed by atoms with Crippen molar-refractivity contribution in [3.05, 3.63) is 42.1 Å². The molecule has 36 heavy (non-hydrogen) atoms. The van der Waals surface area contributed by atoms with Crippen LogP contribution in [-0.4, -0.2) is 58.6 Å². The van der Waals surface area contributed by atoms with Crippen LogP contribution in [-0.2, 0) is 18.0 Å². The normalized spacial score (nSPS) is 25.5. The fourth-order valence-electron chi connectivity index (χ4n) is 6.43. The van der Waals surface area contributed by atoms with Crippen molar-refractivity contribution in [3.63, 3.8) is 0 Å². The lowest BCUT2D eigenvalue weighted by Crippen LogP contribution is -2.32. The Labute approximate surface area is 208 Å². The van der Waals surface area contributed by atoms with Gasteiger partial charge >= 0.3 is 6.18 Å². The summed E-state index contributed by atoms with van der Waals surface area (Å²) in [5, 5.41) is 12.4. The predicted octanol–water partition coefficient (Wildman–Crippen LogP) is 5.20. The Hall–Kier alpha value is -2.65. The molecule has 6 rings (SSSR count). The average molecular weight is 500 g/mol. The van der Waals surface area contributed by atoms with Crippen LogP contribution in [0.3, 0.4) is 0 Å². The molecule has 3 atom stereocenters. The summed E-state index contributed by atoms with van der Waals surface area (Å²) < 4.78 is 49.6. The van der Waals surface area contributed by atoms with Crippen LogP contribution in [0.15, 0.2) is 36.5 Å². The number of anilines is 1. The van der Waals surface area contributed by atoms with E-state index < -0.39 is 11.7 Å². The Bertz CT molecular complexity index is 1220. The maximum absolute atomic E-state index is 14.1. The second kappa shape index (κ2) is 9.34. The highest BCUT2D eigenvalue weighted by Gasteiger charge is 2.43. The van der Waals surface area contributed by atoms with E-state index in [0.717, 1.165) is 75.5 Å². The molecule has 3 aromatic rings. The fraction of sp³-hybridized carbons (Fsp3) is 0.556. The number of benzene rings is 1. The molecular weight excluding hydrogens is 467 g/mol. The second-order valence-electron chi connectivity index (χ2n) is 10.8. The molecule has 0 unspecified atom stereocenters. The smallest absolute Gasteiger partial charge is 0.381 e. The number of hydrogen-bond donors (Lipinski definition) is 1. The predicted molar refractivity (Wildman–Crippen MR) is 133 cm³/mol. The van der Waals surface area contributed by atoms with Gasteiger partial charge in [-0.3, -0.25) is 0 Å². The van der Waals surface area contributed by atoms with Crippen molar-refractivity contribution in [2.75, 3.05) is 38.2 Å². The number of hydrogen-bond acceptors (Lipinski definition) is 5. The number of fused-ring (bicyclic) bond motifs is 2. The molecule has 0 radical (unpaired) electrons. The number of ether oxygens (including phenoxy) is 1. The zero-order valence-corrected chi connectivity index (χ0v) is 20.5. The molecule has 4 heterocycles. The minimum absolute atomic E-state index is 0.00815. The van der Waals surface area contributed by atoms with Gasteiger partial charge in [-0.25, -0.2) is 0 Å². The van der Waals surface area contributed by atoms with Crippen molar-refractivity contribution in [2.24, 2.45) is 24.8 Å². The van der Waals surface area contributed by atoms with Crippen LogP contribution in [0.2, 0.25) is 0 Å². The third kappa shape index (κ3) is 4.70. The van der Waals surface area contributed by atoms with E-state index in [1.807, 2.05) is 36.0 Å². The van der Waals surface area contributed by atoms with Crippen molar-refractivity contribution in [2.45, 2.75) is 37.9 Å². The van der Waals surface area contributed by atoms with Gasteiger partial charge in [-0.05, 0) is 67.0 Å². The van der Waals surface area contributed by atoms with E-state index in [2.05, 4.69) is 20.4 Å². The highest BCUT2D eigenvalue weighted by atomic mass is 19.4. The van der Waals surface area contributed by atoms with Gasteiger partial charge in [-0.1, -0.05) is 12.1 Å². The number of aryl methyl sites for hydroxylation is 1. The maximum Gasteiger partial charge on any atom is 0.420 e. The summed E-state index contributed by atoms with van der Waals surface area (Å²) >= 11 is 0. The van der Waals surface area contributed by atoms with Gasteiger partial charge in [-0.15, -0.1) is 10.2 Å². The maximum atomic E-state index is 14.1. The molecule has 2 aromatic heterocycles. The Morgan fingerprint density at radius 2 is 1.78 bits per heavy atom. The molecular formula is C27H32F3N5O. The summed E-state index contributed by atoms with van der Waals surface area (Å²) in [6.45, 7) is 4.92. The van der Waals surface area contributed by atoms with Gasteiger partial charge in [0, 0.05) is 63.2 Å². The summed E-state index contributed by atoms with van der Waals surface area (Å²) in [6, 6.07) is 8.64. The summed E-state index contributed by atoms with van der Waals surface area (Å²) in [5.41, 5.74) is 1.03. The van der Waals surface area contributed by atoms with Crippen LogP contribution in [0.5, 0.6) is 0 Å². The molecule has 9 heteroatoms. The Morgan fingerprint density at radius 1 is 1.03 bits per heavy atom. The monoisotopic (exact) mass is 499 g/mol. The van der Waals surface area contributed by atoms with Gasteiger partial charge in [0.1, 0.15) is 5.56 Å². The van der Waals surface area contributed by atoms with Crippen LogP contribution in [0.25, 0.3) is 22.2 Å². The molecule has 3 fully saturated rings. The van der Waals surface area contributed by atoms with Gasteiger partial charge in [0.2, 0.25) is 0 Å². The highest BCUT2D eigenvalue weighted by Crippen LogP contribution is 2.42. The Morgan fingerprint density at radius 3 is 2.50 bits per heavy atom. The van der Waals surface area contributed by atoms with Crippen LogP contribution < -0.4 is 5.32 Å². The van der Waals surface area contributed by atoms with Crippen molar-refractivity contribution in [3.8, 4) is 11.3 Å². The zero-order valence-electron chi connectivity index (χ0n) is 20.5. The van der Waals surface area contributed by atoms with Crippen LogP contribution in [0.1, 0.15) is 31.2 Å². The molecule has 0 bridgehead atoms. The number of likely N-dealkylation sites (tertiary alicyclic amines) is 1. The Kier molecular flexibility index (Phi) is 6.16. The molecule has 3 aliphatic rings. The Balaban J connectivity index is 1.15. The van der Waals surface area contributed by atoms with E-state index in [9.17, 15) is 13.2 Å². The van der Waals surface area contributed by atoms with Crippen LogP contribution in [0, 0.1) is 17.8 Å². The first-order valence-electron chi connectivity index (χ1n) is 12.9. The van der Waals surface area contributed by atoms with Gasteiger partial charge in [0.05, 0.1) is 5.69 Å².